The number of carbonyl (C=O) groups is 1. The number of hydrogen-bond acceptors (Lipinski definition) is 2. The van der Waals surface area contributed by atoms with Crippen LogP contribution in [0.25, 0.3) is 0 Å². The second-order valence-corrected chi connectivity index (χ2v) is 3.60. The molecule has 0 fully saturated rings. The third-order valence-electron chi connectivity index (χ3n) is 2.09. The van der Waals surface area contributed by atoms with E-state index in [4.69, 9.17) is 16.3 Å². The number of anilines is 1. The van der Waals surface area contributed by atoms with Gasteiger partial charge in [-0.2, -0.15) is 0 Å². The predicted molar refractivity (Wildman–Crippen MR) is 61.3 cm³/mol. The van der Waals surface area contributed by atoms with Gasteiger partial charge < -0.3 is 9.64 Å². The molecule has 0 aliphatic rings. The van der Waals surface area contributed by atoms with E-state index in [-0.39, 0.29) is 17.5 Å². The number of carbonyl (C=O) groups excluding carboxylic acids is 1. The zero-order valence-corrected chi connectivity index (χ0v) is 9.92. The molecule has 5 heteroatoms. The van der Waals surface area contributed by atoms with Crippen LogP contribution in [0.1, 0.15) is 6.92 Å². The van der Waals surface area contributed by atoms with Gasteiger partial charge in [0.1, 0.15) is 12.4 Å². The van der Waals surface area contributed by atoms with Crippen molar-refractivity contribution in [2.24, 2.45) is 0 Å². The molecule has 0 N–H and O–H groups in total. The molecule has 16 heavy (non-hydrogen) atoms. The minimum atomic E-state index is -0.504. The molecular formula is C11H13ClFNO2. The van der Waals surface area contributed by atoms with Crippen LogP contribution in [-0.2, 0) is 9.53 Å². The molecule has 1 amide bonds. The van der Waals surface area contributed by atoms with Gasteiger partial charge in [-0.1, -0.05) is 11.6 Å². The van der Waals surface area contributed by atoms with Crippen LogP contribution in [0.5, 0.6) is 0 Å². The Balaban J connectivity index is 2.75. The number of nitrogens with zero attached hydrogens (tertiary/aromatic N) is 1. The zero-order valence-electron chi connectivity index (χ0n) is 9.17. The fourth-order valence-corrected chi connectivity index (χ4v) is 1.30. The van der Waals surface area contributed by atoms with Crippen LogP contribution in [0.2, 0.25) is 5.02 Å². The lowest BCUT2D eigenvalue weighted by molar-refractivity contribution is -0.122. The molecule has 0 bridgehead atoms. The van der Waals surface area contributed by atoms with Crippen LogP contribution < -0.4 is 4.90 Å². The maximum atomic E-state index is 12.9. The lowest BCUT2D eigenvalue weighted by atomic mass is 10.3. The van der Waals surface area contributed by atoms with Crippen LogP contribution in [0.4, 0.5) is 10.1 Å². The highest BCUT2D eigenvalue weighted by Crippen LogP contribution is 2.21. The number of likely N-dealkylation sites (N-methyl/N-ethyl adjacent to an activating group) is 1. The van der Waals surface area contributed by atoms with Gasteiger partial charge in [-0.05, 0) is 25.1 Å². The van der Waals surface area contributed by atoms with Crippen molar-refractivity contribution < 1.29 is 13.9 Å². The van der Waals surface area contributed by atoms with Crippen molar-refractivity contribution in [2.45, 2.75) is 6.92 Å². The van der Waals surface area contributed by atoms with Crippen LogP contribution in [0.3, 0.4) is 0 Å². The number of halogens is 2. The topological polar surface area (TPSA) is 29.5 Å². The Hall–Kier alpha value is -1.13. The highest BCUT2D eigenvalue weighted by molar-refractivity contribution is 6.31. The Bertz CT molecular complexity index is 384. The summed E-state index contributed by atoms with van der Waals surface area (Å²) < 4.78 is 17.9. The molecule has 0 aromatic heterocycles. The summed E-state index contributed by atoms with van der Waals surface area (Å²) in [4.78, 5) is 12.9. The average Bonchev–Trinajstić information content (AvgIpc) is 2.28. The summed E-state index contributed by atoms with van der Waals surface area (Å²) in [7, 11) is 1.59. The molecule has 0 saturated carbocycles. The minimum Gasteiger partial charge on any atom is -0.372 e. The van der Waals surface area contributed by atoms with E-state index in [0.29, 0.717) is 12.3 Å². The lowest BCUT2D eigenvalue weighted by Crippen LogP contribution is -2.30. The van der Waals surface area contributed by atoms with E-state index < -0.39 is 5.82 Å². The van der Waals surface area contributed by atoms with E-state index >= 15 is 0 Å². The summed E-state index contributed by atoms with van der Waals surface area (Å²) in [5, 5.41) is -0.00596. The standard InChI is InChI=1S/C11H13ClFNO2/c1-3-16-7-11(15)14(2)8-4-5-10(13)9(12)6-8/h4-6H,3,7H2,1-2H3. The highest BCUT2D eigenvalue weighted by atomic mass is 35.5. The molecule has 0 unspecified atom stereocenters. The monoisotopic (exact) mass is 245 g/mol. The molecule has 1 aromatic carbocycles. The Kier molecular flexibility index (Phi) is 4.71. The van der Waals surface area contributed by atoms with Gasteiger partial charge in [0, 0.05) is 19.3 Å². The molecule has 1 aromatic rings. The quantitative estimate of drug-likeness (QED) is 0.816. The molecule has 88 valence electrons. The number of rotatable bonds is 4. The highest BCUT2D eigenvalue weighted by Gasteiger charge is 2.12. The number of amides is 1. The van der Waals surface area contributed by atoms with Gasteiger partial charge in [0.05, 0.1) is 5.02 Å². The maximum absolute atomic E-state index is 12.9. The summed E-state index contributed by atoms with van der Waals surface area (Å²) in [6, 6.07) is 4.12. The van der Waals surface area contributed by atoms with E-state index in [9.17, 15) is 9.18 Å². The summed E-state index contributed by atoms with van der Waals surface area (Å²) in [6.45, 7) is 2.29. The van der Waals surface area contributed by atoms with Crippen molar-refractivity contribution in [1.29, 1.82) is 0 Å². The predicted octanol–water partition coefficient (Wildman–Crippen LogP) is 2.48. The molecular weight excluding hydrogens is 233 g/mol. The molecule has 3 nitrogen and oxygen atoms in total. The number of hydrogen-bond donors (Lipinski definition) is 0. The Morgan fingerprint density at radius 1 is 1.56 bits per heavy atom. The average molecular weight is 246 g/mol. The Labute approximate surface area is 98.8 Å². The van der Waals surface area contributed by atoms with Gasteiger partial charge in [-0.25, -0.2) is 4.39 Å². The van der Waals surface area contributed by atoms with Crippen molar-refractivity contribution in [3.63, 3.8) is 0 Å². The van der Waals surface area contributed by atoms with Crippen LogP contribution in [0.15, 0.2) is 18.2 Å². The number of ether oxygens (including phenoxy) is 1. The van der Waals surface area contributed by atoms with Crippen molar-refractivity contribution in [3.05, 3.63) is 29.0 Å². The van der Waals surface area contributed by atoms with Crippen molar-refractivity contribution in [2.75, 3.05) is 25.2 Å². The minimum absolute atomic E-state index is 0.00198. The Morgan fingerprint density at radius 3 is 2.81 bits per heavy atom. The van der Waals surface area contributed by atoms with Gasteiger partial charge in [0.2, 0.25) is 0 Å². The molecule has 1 rings (SSSR count). The Morgan fingerprint density at radius 2 is 2.25 bits per heavy atom. The van der Waals surface area contributed by atoms with Gasteiger partial charge in [0.15, 0.2) is 0 Å². The number of benzene rings is 1. The van der Waals surface area contributed by atoms with Crippen LogP contribution in [-0.4, -0.2) is 26.2 Å². The largest absolute Gasteiger partial charge is 0.372 e. The fourth-order valence-electron chi connectivity index (χ4n) is 1.12. The first-order valence-corrected chi connectivity index (χ1v) is 5.23. The van der Waals surface area contributed by atoms with Crippen LogP contribution >= 0.6 is 11.6 Å². The normalized spacial score (nSPS) is 10.2. The first-order valence-electron chi connectivity index (χ1n) is 4.85. The molecule has 0 saturated heterocycles. The van der Waals surface area contributed by atoms with Gasteiger partial charge in [0.25, 0.3) is 5.91 Å². The van der Waals surface area contributed by atoms with E-state index in [1.54, 1.807) is 7.05 Å². The second-order valence-electron chi connectivity index (χ2n) is 3.19. The fraction of sp³-hybridized carbons (Fsp3) is 0.364. The maximum Gasteiger partial charge on any atom is 0.252 e. The third kappa shape index (κ3) is 3.18. The molecule has 0 radical (unpaired) electrons. The second kappa shape index (κ2) is 5.82. The van der Waals surface area contributed by atoms with E-state index in [2.05, 4.69) is 0 Å². The van der Waals surface area contributed by atoms with Crippen molar-refractivity contribution >= 4 is 23.2 Å². The van der Waals surface area contributed by atoms with Gasteiger partial charge in [-0.3, -0.25) is 4.79 Å². The summed E-state index contributed by atoms with van der Waals surface area (Å²) in [5.41, 5.74) is 0.538. The van der Waals surface area contributed by atoms with Crippen molar-refractivity contribution in [1.82, 2.24) is 0 Å². The smallest absolute Gasteiger partial charge is 0.252 e. The van der Waals surface area contributed by atoms with Gasteiger partial charge >= 0.3 is 0 Å². The van der Waals surface area contributed by atoms with Gasteiger partial charge in [-0.15, -0.1) is 0 Å². The SMILES string of the molecule is CCOCC(=O)N(C)c1ccc(F)c(Cl)c1. The van der Waals surface area contributed by atoms with Crippen molar-refractivity contribution in [3.8, 4) is 0 Å². The van der Waals surface area contributed by atoms with E-state index in [1.807, 2.05) is 6.92 Å². The van der Waals surface area contributed by atoms with E-state index in [0.717, 1.165) is 0 Å². The lowest BCUT2D eigenvalue weighted by Gasteiger charge is -2.17. The zero-order chi connectivity index (χ0) is 12.1. The molecule has 0 aliphatic heterocycles. The molecule has 0 aliphatic carbocycles. The first-order chi connectivity index (χ1) is 7.56. The molecule has 0 atom stereocenters. The summed E-state index contributed by atoms with van der Waals surface area (Å²) >= 11 is 5.62. The van der Waals surface area contributed by atoms with E-state index in [1.165, 1.54) is 23.1 Å². The summed E-state index contributed by atoms with van der Waals surface area (Å²) in [6.07, 6.45) is 0. The molecule has 0 heterocycles. The van der Waals surface area contributed by atoms with Crippen LogP contribution in [0, 0.1) is 5.82 Å². The third-order valence-corrected chi connectivity index (χ3v) is 2.38. The first kappa shape index (κ1) is 12.9. The molecule has 0 spiro atoms. The summed E-state index contributed by atoms with van der Waals surface area (Å²) in [5.74, 6) is -0.708.